The molecule has 164 valence electrons. The molecule has 2 amide bonds. The Morgan fingerprint density at radius 1 is 1.20 bits per heavy atom. The number of carbonyl (C=O) groups is 2. The summed E-state index contributed by atoms with van der Waals surface area (Å²) in [5.74, 6) is 0.0314. The molecule has 0 bridgehead atoms. The maximum atomic E-state index is 12.6. The maximum Gasteiger partial charge on any atom is 0.283 e. The van der Waals surface area contributed by atoms with Crippen molar-refractivity contribution in [2.75, 3.05) is 51.7 Å². The van der Waals surface area contributed by atoms with Gasteiger partial charge in [-0.3, -0.25) is 24.6 Å². The summed E-state index contributed by atoms with van der Waals surface area (Å²) in [4.78, 5) is 39.2. The number of nitro benzene ring substituents is 1. The van der Waals surface area contributed by atoms with Gasteiger partial charge in [0.25, 0.3) is 5.69 Å². The van der Waals surface area contributed by atoms with Crippen LogP contribution < -0.4 is 5.73 Å². The van der Waals surface area contributed by atoms with Crippen LogP contribution in [0.25, 0.3) is 0 Å². The van der Waals surface area contributed by atoms with E-state index >= 15 is 0 Å². The third kappa shape index (κ3) is 6.16. The first-order valence-electron chi connectivity index (χ1n) is 10.2. The lowest BCUT2D eigenvalue weighted by atomic mass is 9.93. The summed E-state index contributed by atoms with van der Waals surface area (Å²) in [7, 11) is 0. The van der Waals surface area contributed by atoms with Gasteiger partial charge in [-0.05, 0) is 43.9 Å². The van der Waals surface area contributed by atoms with Crippen molar-refractivity contribution in [3.8, 4) is 0 Å². The number of morpholine rings is 1. The average Bonchev–Trinajstić information content (AvgIpc) is 2.76. The lowest BCUT2D eigenvalue weighted by Crippen LogP contribution is -2.41. The predicted octanol–water partition coefficient (Wildman–Crippen LogP) is 1.75. The molecule has 0 saturated carbocycles. The monoisotopic (exact) mass is 436 g/mol. The number of ether oxygens (including phenoxy) is 1. The Balaban J connectivity index is 1.45. The van der Waals surface area contributed by atoms with Crippen LogP contribution in [0.3, 0.4) is 0 Å². The fraction of sp³-hybridized carbons (Fsp3) is 0.600. The molecule has 3 rings (SSSR count). The van der Waals surface area contributed by atoms with Gasteiger partial charge < -0.3 is 15.4 Å². The number of rotatable bonds is 8. The molecule has 10 heteroatoms. The van der Waals surface area contributed by atoms with Crippen LogP contribution in [0.4, 0.5) is 5.69 Å². The van der Waals surface area contributed by atoms with Crippen molar-refractivity contribution in [2.45, 2.75) is 24.2 Å². The van der Waals surface area contributed by atoms with Crippen molar-refractivity contribution >= 4 is 29.3 Å². The van der Waals surface area contributed by atoms with Gasteiger partial charge in [0.2, 0.25) is 11.8 Å². The van der Waals surface area contributed by atoms with Crippen molar-refractivity contribution in [1.29, 1.82) is 0 Å². The molecule has 0 atom stereocenters. The molecule has 2 fully saturated rings. The number of primary amides is 1. The number of nitrogens with zero attached hydrogens (tertiary/aromatic N) is 3. The Kier molecular flexibility index (Phi) is 8.06. The van der Waals surface area contributed by atoms with Gasteiger partial charge >= 0.3 is 0 Å². The van der Waals surface area contributed by atoms with E-state index in [1.165, 1.54) is 12.1 Å². The van der Waals surface area contributed by atoms with Gasteiger partial charge in [-0.15, -0.1) is 11.8 Å². The molecule has 2 aliphatic heterocycles. The molecule has 2 saturated heterocycles. The van der Waals surface area contributed by atoms with Gasteiger partial charge in [0.15, 0.2) is 0 Å². The van der Waals surface area contributed by atoms with E-state index in [0.29, 0.717) is 10.8 Å². The second-order valence-corrected chi connectivity index (χ2v) is 8.68. The van der Waals surface area contributed by atoms with Gasteiger partial charge in [0.05, 0.1) is 28.8 Å². The molecule has 30 heavy (non-hydrogen) atoms. The van der Waals surface area contributed by atoms with Gasteiger partial charge in [0.1, 0.15) is 0 Å². The normalized spacial score (nSPS) is 18.3. The van der Waals surface area contributed by atoms with Crippen LogP contribution in [0.5, 0.6) is 0 Å². The SMILES string of the molecule is NC(=O)c1ccc(SCC(=O)N2CCC(CCN3CCOCC3)CC2)c([N+](=O)[O-])c1. The second-order valence-electron chi connectivity index (χ2n) is 7.66. The third-order valence-electron chi connectivity index (χ3n) is 5.72. The average molecular weight is 437 g/mol. The predicted molar refractivity (Wildman–Crippen MR) is 114 cm³/mol. The number of likely N-dealkylation sites (tertiary alicyclic amines) is 1. The lowest BCUT2D eigenvalue weighted by molar-refractivity contribution is -0.387. The molecule has 2 heterocycles. The highest BCUT2D eigenvalue weighted by Crippen LogP contribution is 2.31. The second kappa shape index (κ2) is 10.7. The number of nitrogens with two attached hydrogens (primary N) is 1. The fourth-order valence-corrected chi connectivity index (χ4v) is 4.73. The van der Waals surface area contributed by atoms with E-state index in [2.05, 4.69) is 4.90 Å². The van der Waals surface area contributed by atoms with Gasteiger partial charge in [-0.2, -0.15) is 0 Å². The number of hydrogen-bond acceptors (Lipinski definition) is 7. The van der Waals surface area contributed by atoms with E-state index in [1.54, 1.807) is 0 Å². The zero-order valence-electron chi connectivity index (χ0n) is 17.0. The minimum atomic E-state index is -0.720. The largest absolute Gasteiger partial charge is 0.379 e. The summed E-state index contributed by atoms with van der Waals surface area (Å²) in [6.45, 7) is 6.18. The molecule has 0 aromatic heterocycles. The van der Waals surface area contributed by atoms with Crippen molar-refractivity contribution < 1.29 is 19.2 Å². The molecular formula is C20H28N4O5S. The number of thioether (sulfide) groups is 1. The van der Waals surface area contributed by atoms with E-state index in [4.69, 9.17) is 10.5 Å². The zero-order chi connectivity index (χ0) is 21.5. The number of benzene rings is 1. The van der Waals surface area contributed by atoms with Crippen LogP contribution >= 0.6 is 11.8 Å². The van der Waals surface area contributed by atoms with Gasteiger partial charge in [0, 0.05) is 37.8 Å². The minimum Gasteiger partial charge on any atom is -0.379 e. The highest BCUT2D eigenvalue weighted by atomic mass is 32.2. The van der Waals surface area contributed by atoms with Gasteiger partial charge in [-0.25, -0.2) is 0 Å². The van der Waals surface area contributed by atoms with Crippen LogP contribution in [-0.4, -0.2) is 78.2 Å². The van der Waals surface area contributed by atoms with E-state index in [0.717, 1.165) is 83.0 Å². The first-order valence-corrected chi connectivity index (χ1v) is 11.2. The standard InChI is InChI=1S/C20H28N4O5S/c21-20(26)16-1-2-18(17(13-16)24(27)28)30-14-19(25)23-7-4-15(5-8-23)3-6-22-9-11-29-12-10-22/h1-2,13,15H,3-12,14H2,(H2,21,26). The third-order valence-corrected chi connectivity index (χ3v) is 6.76. The van der Waals surface area contributed by atoms with Crippen molar-refractivity contribution in [1.82, 2.24) is 9.80 Å². The van der Waals surface area contributed by atoms with Crippen molar-refractivity contribution in [3.05, 3.63) is 33.9 Å². The summed E-state index contributed by atoms with van der Waals surface area (Å²) < 4.78 is 5.38. The van der Waals surface area contributed by atoms with E-state index in [1.807, 2.05) is 4.90 Å². The topological polar surface area (TPSA) is 119 Å². The summed E-state index contributed by atoms with van der Waals surface area (Å²) in [5.41, 5.74) is 5.07. The minimum absolute atomic E-state index is 0.0140. The lowest BCUT2D eigenvalue weighted by Gasteiger charge is -2.34. The molecule has 2 N–H and O–H groups in total. The Bertz CT molecular complexity index is 776. The van der Waals surface area contributed by atoms with E-state index in [-0.39, 0.29) is 22.9 Å². The molecular weight excluding hydrogens is 408 g/mol. The smallest absolute Gasteiger partial charge is 0.283 e. The molecule has 0 radical (unpaired) electrons. The number of piperidine rings is 1. The fourth-order valence-electron chi connectivity index (χ4n) is 3.83. The number of hydrogen-bond donors (Lipinski definition) is 1. The van der Waals surface area contributed by atoms with Crippen LogP contribution in [0.1, 0.15) is 29.6 Å². The first-order chi connectivity index (χ1) is 14.4. The molecule has 0 aliphatic carbocycles. The quantitative estimate of drug-likeness (QED) is 0.374. The number of amides is 2. The summed E-state index contributed by atoms with van der Waals surface area (Å²) in [5, 5.41) is 11.3. The van der Waals surface area contributed by atoms with Crippen LogP contribution in [0, 0.1) is 16.0 Å². The molecule has 2 aliphatic rings. The maximum absolute atomic E-state index is 12.6. The van der Waals surface area contributed by atoms with E-state index < -0.39 is 10.8 Å². The van der Waals surface area contributed by atoms with Crippen LogP contribution in [0.2, 0.25) is 0 Å². The Morgan fingerprint density at radius 2 is 1.90 bits per heavy atom. The zero-order valence-corrected chi connectivity index (χ0v) is 17.8. The molecule has 9 nitrogen and oxygen atoms in total. The Morgan fingerprint density at radius 3 is 2.53 bits per heavy atom. The summed E-state index contributed by atoms with van der Waals surface area (Å²) in [6.07, 6.45) is 3.14. The van der Waals surface area contributed by atoms with Crippen LogP contribution in [-0.2, 0) is 9.53 Å². The molecule has 0 unspecified atom stereocenters. The van der Waals surface area contributed by atoms with Crippen LogP contribution in [0.15, 0.2) is 23.1 Å². The Hall–Kier alpha value is -2.17. The molecule has 1 aromatic carbocycles. The summed E-state index contributed by atoms with van der Waals surface area (Å²) >= 11 is 1.12. The van der Waals surface area contributed by atoms with Crippen molar-refractivity contribution in [2.24, 2.45) is 11.7 Å². The number of nitro groups is 1. The van der Waals surface area contributed by atoms with Gasteiger partial charge in [-0.1, -0.05) is 0 Å². The highest BCUT2D eigenvalue weighted by molar-refractivity contribution is 8.00. The van der Waals surface area contributed by atoms with Crippen molar-refractivity contribution in [3.63, 3.8) is 0 Å². The number of carbonyl (C=O) groups excluding carboxylic acids is 2. The molecule has 1 aromatic rings. The Labute approximate surface area is 180 Å². The molecule has 0 spiro atoms. The highest BCUT2D eigenvalue weighted by Gasteiger charge is 2.25. The first kappa shape index (κ1) is 22.5. The van der Waals surface area contributed by atoms with E-state index in [9.17, 15) is 19.7 Å². The summed E-state index contributed by atoms with van der Waals surface area (Å²) in [6, 6.07) is 4.09.